The largest absolute Gasteiger partial charge is 0.376 e. The van der Waals surface area contributed by atoms with Gasteiger partial charge in [0.05, 0.1) is 17.9 Å². The first-order valence-electron chi connectivity index (χ1n) is 7.21. The molecule has 0 aromatic carbocycles. The second-order valence-electron chi connectivity index (χ2n) is 5.48. The zero-order valence-electron chi connectivity index (χ0n) is 12.6. The SMILES string of the molecule is CC(C)NC(=O)[C@@H](C)Sc1n[nH]c(=O)n1C[C@H]1CCCO1. The highest BCUT2D eigenvalue weighted by Crippen LogP contribution is 2.22. The number of carbonyl (C=O) groups is 1. The van der Waals surface area contributed by atoms with Crippen molar-refractivity contribution in [3.05, 3.63) is 10.5 Å². The van der Waals surface area contributed by atoms with E-state index < -0.39 is 0 Å². The normalized spacial score (nSPS) is 19.9. The van der Waals surface area contributed by atoms with Crippen LogP contribution in [0.5, 0.6) is 0 Å². The van der Waals surface area contributed by atoms with E-state index in [1.54, 1.807) is 11.5 Å². The molecule has 0 aliphatic carbocycles. The molecule has 0 radical (unpaired) electrons. The Hall–Kier alpha value is -1.28. The highest BCUT2D eigenvalue weighted by atomic mass is 32.2. The number of hydrogen-bond acceptors (Lipinski definition) is 5. The van der Waals surface area contributed by atoms with Crippen molar-refractivity contribution in [3.8, 4) is 0 Å². The van der Waals surface area contributed by atoms with E-state index in [1.807, 2.05) is 13.8 Å². The van der Waals surface area contributed by atoms with E-state index >= 15 is 0 Å². The number of aromatic nitrogens is 3. The molecule has 2 rings (SSSR count). The van der Waals surface area contributed by atoms with Crippen molar-refractivity contribution in [1.29, 1.82) is 0 Å². The molecule has 118 valence electrons. The second-order valence-corrected chi connectivity index (χ2v) is 6.79. The summed E-state index contributed by atoms with van der Waals surface area (Å²) in [4.78, 5) is 23.8. The summed E-state index contributed by atoms with van der Waals surface area (Å²) in [5.74, 6) is -0.0610. The summed E-state index contributed by atoms with van der Waals surface area (Å²) in [7, 11) is 0. The van der Waals surface area contributed by atoms with E-state index in [0.717, 1.165) is 19.4 Å². The quantitative estimate of drug-likeness (QED) is 0.757. The van der Waals surface area contributed by atoms with Gasteiger partial charge in [0.2, 0.25) is 5.91 Å². The number of rotatable bonds is 6. The summed E-state index contributed by atoms with van der Waals surface area (Å²) < 4.78 is 7.11. The first-order valence-corrected chi connectivity index (χ1v) is 8.09. The van der Waals surface area contributed by atoms with Crippen molar-refractivity contribution in [1.82, 2.24) is 20.1 Å². The van der Waals surface area contributed by atoms with Crippen molar-refractivity contribution >= 4 is 17.7 Å². The Labute approximate surface area is 127 Å². The number of thioether (sulfide) groups is 1. The van der Waals surface area contributed by atoms with E-state index in [2.05, 4.69) is 15.5 Å². The average Bonchev–Trinajstić information content (AvgIpc) is 3.03. The van der Waals surface area contributed by atoms with Gasteiger partial charge in [-0.25, -0.2) is 9.89 Å². The van der Waals surface area contributed by atoms with Gasteiger partial charge in [-0.3, -0.25) is 9.36 Å². The van der Waals surface area contributed by atoms with Crippen molar-refractivity contribution < 1.29 is 9.53 Å². The van der Waals surface area contributed by atoms with Gasteiger partial charge < -0.3 is 10.1 Å². The van der Waals surface area contributed by atoms with Crippen LogP contribution in [0.3, 0.4) is 0 Å². The van der Waals surface area contributed by atoms with Crippen LogP contribution in [0.25, 0.3) is 0 Å². The van der Waals surface area contributed by atoms with Crippen LogP contribution in [0.1, 0.15) is 33.6 Å². The Balaban J connectivity index is 2.02. The minimum atomic E-state index is -0.314. The molecular formula is C13H22N4O3S. The number of amides is 1. The molecule has 2 atom stereocenters. The molecule has 1 aromatic heterocycles. The first kappa shape index (κ1) is 16.1. The summed E-state index contributed by atoms with van der Waals surface area (Å²) in [5.41, 5.74) is -0.260. The Kier molecular flexibility index (Phi) is 5.46. The lowest BCUT2D eigenvalue weighted by molar-refractivity contribution is -0.120. The van der Waals surface area contributed by atoms with Crippen molar-refractivity contribution in [2.75, 3.05) is 6.61 Å². The van der Waals surface area contributed by atoms with E-state index in [1.165, 1.54) is 11.8 Å². The molecule has 1 fully saturated rings. The molecular weight excluding hydrogens is 292 g/mol. The molecule has 0 bridgehead atoms. The number of nitrogens with zero attached hydrogens (tertiary/aromatic N) is 2. The Morgan fingerprint density at radius 2 is 2.33 bits per heavy atom. The predicted octanol–water partition coefficient (Wildman–Crippen LogP) is 0.756. The van der Waals surface area contributed by atoms with Crippen LogP contribution in [0.2, 0.25) is 0 Å². The number of aromatic amines is 1. The lowest BCUT2D eigenvalue weighted by Gasteiger charge is -2.15. The Bertz CT molecular complexity index is 534. The highest BCUT2D eigenvalue weighted by Gasteiger charge is 2.22. The minimum absolute atomic E-state index is 0.0550. The summed E-state index contributed by atoms with van der Waals surface area (Å²) >= 11 is 1.28. The van der Waals surface area contributed by atoms with Crippen LogP contribution in [0.4, 0.5) is 0 Å². The van der Waals surface area contributed by atoms with Gasteiger partial charge in [-0.15, -0.1) is 5.10 Å². The third kappa shape index (κ3) is 4.34. The van der Waals surface area contributed by atoms with E-state index in [4.69, 9.17) is 4.74 Å². The molecule has 7 nitrogen and oxygen atoms in total. The van der Waals surface area contributed by atoms with Gasteiger partial charge in [0.15, 0.2) is 5.16 Å². The third-order valence-electron chi connectivity index (χ3n) is 3.22. The molecule has 8 heteroatoms. The maximum absolute atomic E-state index is 11.9. The molecule has 0 spiro atoms. The zero-order valence-corrected chi connectivity index (χ0v) is 13.4. The number of ether oxygens (including phenoxy) is 1. The molecule has 21 heavy (non-hydrogen) atoms. The molecule has 2 heterocycles. The molecule has 1 aliphatic rings. The average molecular weight is 314 g/mol. The summed E-state index contributed by atoms with van der Waals surface area (Å²) in [6.07, 6.45) is 2.03. The van der Waals surface area contributed by atoms with Crippen molar-refractivity contribution in [2.45, 2.75) is 62.7 Å². The molecule has 1 aromatic rings. The third-order valence-corrected chi connectivity index (χ3v) is 4.31. The monoisotopic (exact) mass is 314 g/mol. The standard InChI is InChI=1S/C13H22N4O3S/c1-8(2)14-11(18)9(3)21-13-16-15-12(19)17(13)7-10-5-4-6-20-10/h8-10H,4-7H2,1-3H3,(H,14,18)(H,15,19)/t9-,10-/m1/s1. The molecule has 1 saturated heterocycles. The van der Waals surface area contributed by atoms with Gasteiger partial charge in [0, 0.05) is 12.6 Å². The van der Waals surface area contributed by atoms with Crippen LogP contribution >= 0.6 is 11.8 Å². The molecule has 0 unspecified atom stereocenters. The van der Waals surface area contributed by atoms with Crippen LogP contribution in [-0.4, -0.2) is 44.7 Å². The van der Waals surface area contributed by atoms with Crippen LogP contribution < -0.4 is 11.0 Å². The molecule has 1 aliphatic heterocycles. The maximum Gasteiger partial charge on any atom is 0.344 e. The van der Waals surface area contributed by atoms with E-state index in [-0.39, 0.29) is 29.0 Å². The highest BCUT2D eigenvalue weighted by molar-refractivity contribution is 8.00. The topological polar surface area (TPSA) is 89.0 Å². The van der Waals surface area contributed by atoms with Crippen LogP contribution in [0, 0.1) is 0 Å². The molecule has 2 N–H and O–H groups in total. The van der Waals surface area contributed by atoms with Crippen LogP contribution in [-0.2, 0) is 16.1 Å². The van der Waals surface area contributed by atoms with E-state index in [9.17, 15) is 9.59 Å². The first-order chi connectivity index (χ1) is 9.97. The lowest BCUT2D eigenvalue weighted by Crippen LogP contribution is -2.36. The van der Waals surface area contributed by atoms with Gasteiger partial charge in [0.1, 0.15) is 0 Å². The number of nitrogens with one attached hydrogen (secondary N) is 2. The number of H-pyrrole nitrogens is 1. The Morgan fingerprint density at radius 1 is 1.57 bits per heavy atom. The lowest BCUT2D eigenvalue weighted by atomic mass is 10.2. The zero-order chi connectivity index (χ0) is 15.4. The van der Waals surface area contributed by atoms with Gasteiger partial charge in [-0.2, -0.15) is 0 Å². The van der Waals surface area contributed by atoms with Crippen LogP contribution in [0.15, 0.2) is 9.95 Å². The number of hydrogen-bond donors (Lipinski definition) is 2. The summed E-state index contributed by atoms with van der Waals surface area (Å²) in [6.45, 7) is 6.86. The van der Waals surface area contributed by atoms with Gasteiger partial charge >= 0.3 is 5.69 Å². The summed E-state index contributed by atoms with van der Waals surface area (Å²) in [6, 6.07) is 0.0915. The predicted molar refractivity (Wildman–Crippen MR) is 80.4 cm³/mol. The fraction of sp³-hybridized carbons (Fsp3) is 0.769. The smallest absolute Gasteiger partial charge is 0.344 e. The fourth-order valence-electron chi connectivity index (χ4n) is 2.16. The second kappa shape index (κ2) is 7.13. The Morgan fingerprint density at radius 3 is 2.95 bits per heavy atom. The van der Waals surface area contributed by atoms with Gasteiger partial charge in [-0.1, -0.05) is 11.8 Å². The van der Waals surface area contributed by atoms with Gasteiger partial charge in [-0.05, 0) is 33.6 Å². The van der Waals surface area contributed by atoms with Gasteiger partial charge in [0.25, 0.3) is 0 Å². The fourth-order valence-corrected chi connectivity index (χ4v) is 3.03. The van der Waals surface area contributed by atoms with Crippen molar-refractivity contribution in [3.63, 3.8) is 0 Å². The maximum atomic E-state index is 11.9. The van der Waals surface area contributed by atoms with Crippen molar-refractivity contribution in [2.24, 2.45) is 0 Å². The minimum Gasteiger partial charge on any atom is -0.376 e. The summed E-state index contributed by atoms with van der Waals surface area (Å²) in [5, 5.41) is 9.53. The van der Waals surface area contributed by atoms with E-state index in [0.29, 0.717) is 11.7 Å². The molecule has 0 saturated carbocycles. The number of carbonyl (C=O) groups excluding carboxylic acids is 1. The molecule has 1 amide bonds.